The zero-order chi connectivity index (χ0) is 21.6. The lowest BCUT2D eigenvalue weighted by atomic mass is 10.1. The van der Waals surface area contributed by atoms with Crippen LogP contribution in [0, 0.1) is 5.82 Å². The summed E-state index contributed by atoms with van der Waals surface area (Å²) in [4.78, 5) is 15.2. The van der Waals surface area contributed by atoms with Crippen LogP contribution in [0.3, 0.4) is 0 Å². The van der Waals surface area contributed by atoms with Gasteiger partial charge in [0.25, 0.3) is 5.91 Å². The SMILES string of the molecule is CCC(c1ccc2c(C(=O)N(c3ccc(F)cc3)C3CC3)n(C)nc2c1)S(C)(=O)=O. The van der Waals surface area contributed by atoms with Gasteiger partial charge in [-0.25, -0.2) is 12.8 Å². The zero-order valence-corrected chi connectivity index (χ0v) is 18.0. The quantitative estimate of drug-likeness (QED) is 0.593. The third-order valence-electron chi connectivity index (χ3n) is 5.56. The summed E-state index contributed by atoms with van der Waals surface area (Å²) in [6.45, 7) is 1.83. The summed E-state index contributed by atoms with van der Waals surface area (Å²) in [5, 5.41) is 4.54. The number of halogens is 1. The number of anilines is 1. The minimum atomic E-state index is -3.25. The highest BCUT2D eigenvalue weighted by Gasteiger charge is 2.36. The smallest absolute Gasteiger partial charge is 0.277 e. The molecule has 0 aliphatic heterocycles. The van der Waals surface area contributed by atoms with Gasteiger partial charge in [-0.05, 0) is 55.2 Å². The second-order valence-electron chi connectivity index (χ2n) is 7.86. The molecule has 30 heavy (non-hydrogen) atoms. The molecule has 158 valence electrons. The van der Waals surface area contributed by atoms with E-state index in [1.165, 1.54) is 23.1 Å². The minimum absolute atomic E-state index is 0.0851. The summed E-state index contributed by atoms with van der Waals surface area (Å²) in [5.41, 5.74) is 2.33. The molecule has 0 N–H and O–H groups in total. The second-order valence-corrected chi connectivity index (χ2v) is 10.1. The van der Waals surface area contributed by atoms with Gasteiger partial charge in [0, 0.05) is 30.4 Å². The summed E-state index contributed by atoms with van der Waals surface area (Å²) in [7, 11) is -1.55. The first-order valence-electron chi connectivity index (χ1n) is 9.95. The highest BCUT2D eigenvalue weighted by molar-refractivity contribution is 7.90. The van der Waals surface area contributed by atoms with Crippen LogP contribution in [-0.4, -0.2) is 36.4 Å². The Bertz CT molecular complexity index is 1210. The van der Waals surface area contributed by atoms with Crippen LogP contribution in [0.25, 0.3) is 10.9 Å². The molecule has 4 rings (SSSR count). The first kappa shape index (κ1) is 20.5. The van der Waals surface area contributed by atoms with Crippen molar-refractivity contribution < 1.29 is 17.6 Å². The molecule has 1 aliphatic carbocycles. The fourth-order valence-corrected chi connectivity index (χ4v) is 5.25. The van der Waals surface area contributed by atoms with Gasteiger partial charge < -0.3 is 4.90 Å². The molecule has 1 fully saturated rings. The number of hydrogen-bond acceptors (Lipinski definition) is 4. The minimum Gasteiger partial charge on any atom is -0.304 e. The lowest BCUT2D eigenvalue weighted by molar-refractivity contribution is 0.0978. The van der Waals surface area contributed by atoms with Gasteiger partial charge in [-0.1, -0.05) is 19.1 Å². The highest BCUT2D eigenvalue weighted by atomic mass is 32.2. The van der Waals surface area contributed by atoms with Gasteiger partial charge in [0.15, 0.2) is 9.84 Å². The lowest BCUT2D eigenvalue weighted by Gasteiger charge is -2.23. The van der Waals surface area contributed by atoms with Crippen LogP contribution in [0.15, 0.2) is 42.5 Å². The first-order valence-corrected chi connectivity index (χ1v) is 11.9. The van der Waals surface area contributed by atoms with Crippen LogP contribution in [0.4, 0.5) is 10.1 Å². The number of aryl methyl sites for hydroxylation is 1. The monoisotopic (exact) mass is 429 g/mol. The molecule has 3 aromatic rings. The molecular formula is C22H24FN3O3S. The maximum absolute atomic E-state index is 13.5. The van der Waals surface area contributed by atoms with Crippen molar-refractivity contribution >= 4 is 32.3 Å². The van der Waals surface area contributed by atoms with E-state index in [9.17, 15) is 17.6 Å². The Morgan fingerprint density at radius 3 is 2.47 bits per heavy atom. The Morgan fingerprint density at radius 1 is 1.23 bits per heavy atom. The zero-order valence-electron chi connectivity index (χ0n) is 17.2. The predicted molar refractivity (Wildman–Crippen MR) is 115 cm³/mol. The molecule has 8 heteroatoms. The van der Waals surface area contributed by atoms with Crippen LogP contribution >= 0.6 is 0 Å². The molecule has 0 saturated heterocycles. The normalized spacial score (nSPS) is 15.3. The fraction of sp³-hybridized carbons (Fsp3) is 0.364. The maximum atomic E-state index is 13.5. The number of hydrogen-bond donors (Lipinski definition) is 0. The number of carbonyl (C=O) groups excluding carboxylic acids is 1. The standard InChI is InChI=1S/C22H24FN3O3S/c1-4-20(30(3,28)29)14-5-12-18-19(13-14)24-25(2)21(18)22(27)26(17-10-11-17)16-8-6-15(23)7-9-16/h5-9,12-13,17,20H,4,10-11H2,1-3H3. The third kappa shape index (κ3) is 3.71. The molecule has 1 heterocycles. The Kier molecular flexibility index (Phi) is 5.13. The van der Waals surface area contributed by atoms with Crippen molar-refractivity contribution in [2.24, 2.45) is 7.05 Å². The Morgan fingerprint density at radius 2 is 1.90 bits per heavy atom. The van der Waals surface area contributed by atoms with Crippen LogP contribution in [0.2, 0.25) is 0 Å². The molecule has 6 nitrogen and oxygen atoms in total. The van der Waals surface area contributed by atoms with Gasteiger partial charge >= 0.3 is 0 Å². The number of rotatable bonds is 6. The number of benzene rings is 2. The van der Waals surface area contributed by atoms with E-state index in [1.807, 2.05) is 6.92 Å². The van der Waals surface area contributed by atoms with Gasteiger partial charge in [0.2, 0.25) is 0 Å². The second kappa shape index (κ2) is 7.50. The summed E-state index contributed by atoms with van der Waals surface area (Å²) in [6, 6.07) is 11.3. The van der Waals surface area contributed by atoms with Crippen LogP contribution in [0.5, 0.6) is 0 Å². The number of fused-ring (bicyclic) bond motifs is 1. The molecule has 1 saturated carbocycles. The summed E-state index contributed by atoms with van der Waals surface area (Å²) in [5.74, 6) is -0.547. The first-order chi connectivity index (χ1) is 14.2. The van der Waals surface area contributed by atoms with Crippen molar-refractivity contribution in [2.75, 3.05) is 11.2 Å². The maximum Gasteiger partial charge on any atom is 0.277 e. The number of aromatic nitrogens is 2. The average molecular weight is 430 g/mol. The van der Waals surface area contributed by atoms with Crippen molar-refractivity contribution in [3.8, 4) is 0 Å². The van der Waals surface area contributed by atoms with E-state index in [0.29, 0.717) is 34.3 Å². The van der Waals surface area contributed by atoms with Gasteiger partial charge in [0.05, 0.1) is 10.8 Å². The van der Waals surface area contributed by atoms with Gasteiger partial charge in [-0.15, -0.1) is 0 Å². The van der Waals surface area contributed by atoms with E-state index in [1.54, 1.807) is 42.3 Å². The molecule has 1 aliphatic rings. The van der Waals surface area contributed by atoms with E-state index >= 15 is 0 Å². The van der Waals surface area contributed by atoms with Crippen molar-refractivity contribution in [3.63, 3.8) is 0 Å². The summed E-state index contributed by atoms with van der Waals surface area (Å²) >= 11 is 0. The fourth-order valence-electron chi connectivity index (χ4n) is 4.00. The lowest BCUT2D eigenvalue weighted by Crippen LogP contribution is -2.34. The molecule has 1 unspecified atom stereocenters. The van der Waals surface area contributed by atoms with Gasteiger partial charge in [-0.3, -0.25) is 9.48 Å². The Hall–Kier alpha value is -2.74. The van der Waals surface area contributed by atoms with Gasteiger partial charge in [0.1, 0.15) is 11.5 Å². The van der Waals surface area contributed by atoms with E-state index in [-0.39, 0.29) is 17.8 Å². The van der Waals surface area contributed by atoms with Crippen molar-refractivity contribution in [1.29, 1.82) is 0 Å². The number of amides is 1. The van der Waals surface area contributed by atoms with Crippen molar-refractivity contribution in [1.82, 2.24) is 9.78 Å². The predicted octanol–water partition coefficient (Wildman–Crippen LogP) is 4.02. The topological polar surface area (TPSA) is 72.3 Å². The molecule has 1 aromatic heterocycles. The van der Waals surface area contributed by atoms with Crippen LogP contribution in [-0.2, 0) is 16.9 Å². The molecule has 0 bridgehead atoms. The van der Waals surface area contributed by atoms with Crippen LogP contribution < -0.4 is 4.90 Å². The van der Waals surface area contributed by atoms with E-state index in [4.69, 9.17) is 0 Å². The Balaban J connectivity index is 1.77. The van der Waals surface area contributed by atoms with E-state index < -0.39 is 15.1 Å². The average Bonchev–Trinajstić information content (AvgIpc) is 3.44. The molecule has 1 atom stereocenters. The van der Waals surface area contributed by atoms with Crippen LogP contribution in [0.1, 0.15) is 47.5 Å². The number of sulfone groups is 1. The molecule has 2 aromatic carbocycles. The van der Waals surface area contributed by atoms with E-state index in [0.717, 1.165) is 12.8 Å². The summed E-state index contributed by atoms with van der Waals surface area (Å²) in [6.07, 6.45) is 3.49. The number of carbonyl (C=O) groups is 1. The Labute approximate surface area is 175 Å². The summed E-state index contributed by atoms with van der Waals surface area (Å²) < 4.78 is 39.1. The largest absolute Gasteiger partial charge is 0.304 e. The molecule has 0 spiro atoms. The molecular weight excluding hydrogens is 405 g/mol. The number of nitrogens with zero attached hydrogens (tertiary/aromatic N) is 3. The van der Waals surface area contributed by atoms with Gasteiger partial charge in [-0.2, -0.15) is 5.10 Å². The highest BCUT2D eigenvalue weighted by Crippen LogP contribution is 2.35. The third-order valence-corrected chi connectivity index (χ3v) is 7.19. The van der Waals surface area contributed by atoms with E-state index in [2.05, 4.69) is 5.10 Å². The van der Waals surface area contributed by atoms with Crippen molar-refractivity contribution in [2.45, 2.75) is 37.5 Å². The molecule has 1 amide bonds. The van der Waals surface area contributed by atoms with Crippen molar-refractivity contribution in [3.05, 3.63) is 59.5 Å². The molecule has 0 radical (unpaired) electrons.